The Morgan fingerprint density at radius 3 is 2.74 bits per heavy atom. The van der Waals surface area contributed by atoms with Gasteiger partial charge >= 0.3 is 12.0 Å². The molecule has 1 aromatic rings. The molecule has 0 radical (unpaired) electrons. The van der Waals surface area contributed by atoms with Crippen molar-refractivity contribution in [3.8, 4) is 0 Å². The van der Waals surface area contributed by atoms with E-state index in [1.807, 2.05) is 6.92 Å². The van der Waals surface area contributed by atoms with Gasteiger partial charge in [0.1, 0.15) is 6.04 Å². The summed E-state index contributed by atoms with van der Waals surface area (Å²) in [6.07, 6.45) is 4.63. The van der Waals surface area contributed by atoms with Crippen LogP contribution in [0.25, 0.3) is 0 Å². The number of carboxylic acid groups (broad SMARTS) is 1. The van der Waals surface area contributed by atoms with Crippen LogP contribution in [0.4, 0.5) is 10.7 Å². The molecule has 0 bridgehead atoms. The molecule has 0 aliphatic carbocycles. The molecule has 7 nitrogen and oxygen atoms in total. The third-order valence-corrected chi connectivity index (χ3v) is 3.23. The lowest BCUT2D eigenvalue weighted by Gasteiger charge is -2.36. The van der Waals surface area contributed by atoms with Crippen LogP contribution in [0.3, 0.4) is 0 Å². The minimum Gasteiger partial charge on any atom is -0.480 e. The van der Waals surface area contributed by atoms with Gasteiger partial charge in [0, 0.05) is 18.9 Å². The number of nitrogens with zero attached hydrogens (tertiary/aromatic N) is 3. The van der Waals surface area contributed by atoms with Gasteiger partial charge in [-0.2, -0.15) is 0 Å². The van der Waals surface area contributed by atoms with Gasteiger partial charge < -0.3 is 10.0 Å². The number of rotatable bonds is 2. The highest BCUT2D eigenvalue weighted by molar-refractivity contribution is 5.91. The fraction of sp³-hybridized carbons (Fsp3) is 0.500. The molecule has 19 heavy (non-hydrogen) atoms. The Hall–Kier alpha value is -2.18. The predicted molar refractivity (Wildman–Crippen MR) is 67.6 cm³/mol. The Kier molecular flexibility index (Phi) is 3.94. The minimum absolute atomic E-state index is 0.0614. The number of hydrogen-bond acceptors (Lipinski definition) is 4. The molecule has 102 valence electrons. The topological polar surface area (TPSA) is 95.4 Å². The van der Waals surface area contributed by atoms with E-state index in [0.717, 1.165) is 12.8 Å². The van der Waals surface area contributed by atoms with Crippen LogP contribution in [0.15, 0.2) is 18.5 Å². The number of piperidine rings is 1. The molecule has 7 heteroatoms. The molecular weight excluding hydrogens is 248 g/mol. The first-order valence-electron chi connectivity index (χ1n) is 6.17. The third-order valence-electron chi connectivity index (χ3n) is 3.23. The van der Waals surface area contributed by atoms with Crippen LogP contribution >= 0.6 is 0 Å². The van der Waals surface area contributed by atoms with Crippen molar-refractivity contribution in [1.82, 2.24) is 14.9 Å². The average Bonchev–Trinajstić information content (AvgIpc) is 2.39. The highest BCUT2D eigenvalue weighted by atomic mass is 16.4. The van der Waals surface area contributed by atoms with E-state index in [0.29, 0.717) is 6.54 Å². The van der Waals surface area contributed by atoms with Crippen LogP contribution in [0.5, 0.6) is 0 Å². The first-order chi connectivity index (χ1) is 9.09. The van der Waals surface area contributed by atoms with Gasteiger partial charge in [0.2, 0.25) is 5.95 Å². The van der Waals surface area contributed by atoms with Crippen molar-refractivity contribution in [2.75, 3.05) is 11.9 Å². The van der Waals surface area contributed by atoms with E-state index < -0.39 is 18.0 Å². The van der Waals surface area contributed by atoms with Crippen molar-refractivity contribution in [2.24, 2.45) is 5.92 Å². The molecule has 1 fully saturated rings. The quantitative estimate of drug-likeness (QED) is 0.836. The lowest BCUT2D eigenvalue weighted by Crippen LogP contribution is -2.53. The van der Waals surface area contributed by atoms with Crippen molar-refractivity contribution < 1.29 is 14.7 Å². The van der Waals surface area contributed by atoms with E-state index in [1.54, 1.807) is 6.07 Å². The van der Waals surface area contributed by atoms with Crippen molar-refractivity contribution in [3.63, 3.8) is 0 Å². The molecule has 2 heterocycles. The Bertz CT molecular complexity index is 465. The number of carbonyl (C=O) groups excluding carboxylic acids is 1. The first kappa shape index (κ1) is 13.3. The van der Waals surface area contributed by atoms with Gasteiger partial charge in [-0.3, -0.25) is 5.32 Å². The predicted octanol–water partition coefficient (Wildman–Crippen LogP) is 1.19. The Morgan fingerprint density at radius 1 is 1.42 bits per heavy atom. The van der Waals surface area contributed by atoms with Gasteiger partial charge in [0.25, 0.3) is 0 Å². The van der Waals surface area contributed by atoms with Crippen molar-refractivity contribution in [2.45, 2.75) is 25.8 Å². The molecule has 0 aromatic carbocycles. The molecule has 0 saturated carbocycles. The molecule has 2 amide bonds. The molecule has 1 aliphatic rings. The molecule has 2 unspecified atom stereocenters. The smallest absolute Gasteiger partial charge is 0.326 e. The molecule has 2 N–H and O–H groups in total. The summed E-state index contributed by atoms with van der Waals surface area (Å²) in [5, 5.41) is 11.8. The highest BCUT2D eigenvalue weighted by Crippen LogP contribution is 2.24. The minimum atomic E-state index is -0.976. The van der Waals surface area contributed by atoms with Gasteiger partial charge in [0.05, 0.1) is 0 Å². The van der Waals surface area contributed by atoms with E-state index >= 15 is 0 Å². The molecule has 1 aromatic heterocycles. The number of carboxylic acids is 1. The molecule has 1 aliphatic heterocycles. The molecule has 1 saturated heterocycles. The second-order valence-corrected chi connectivity index (χ2v) is 4.60. The number of nitrogens with one attached hydrogen (secondary N) is 1. The number of aromatic nitrogens is 2. The fourth-order valence-electron chi connectivity index (χ4n) is 2.32. The molecule has 2 atom stereocenters. The summed E-state index contributed by atoms with van der Waals surface area (Å²) in [6, 6.07) is 0.376. The maximum Gasteiger partial charge on any atom is 0.326 e. The summed E-state index contributed by atoms with van der Waals surface area (Å²) in [6.45, 7) is 2.28. The number of hydrogen-bond donors (Lipinski definition) is 2. The number of carbonyl (C=O) groups is 2. The first-order valence-corrected chi connectivity index (χ1v) is 6.17. The van der Waals surface area contributed by atoms with E-state index in [9.17, 15) is 14.7 Å². The van der Waals surface area contributed by atoms with Crippen LogP contribution in [-0.2, 0) is 4.79 Å². The van der Waals surface area contributed by atoms with Crippen molar-refractivity contribution >= 4 is 17.9 Å². The summed E-state index contributed by atoms with van der Waals surface area (Å²) in [7, 11) is 0. The zero-order valence-electron chi connectivity index (χ0n) is 10.6. The highest BCUT2D eigenvalue weighted by Gasteiger charge is 2.37. The van der Waals surface area contributed by atoms with Crippen LogP contribution in [0.2, 0.25) is 0 Å². The number of urea groups is 1. The normalized spacial score (nSPS) is 22.9. The second kappa shape index (κ2) is 5.64. The summed E-state index contributed by atoms with van der Waals surface area (Å²) < 4.78 is 0. The maximum absolute atomic E-state index is 12.1. The van der Waals surface area contributed by atoms with E-state index in [2.05, 4.69) is 15.3 Å². The monoisotopic (exact) mass is 264 g/mol. The van der Waals surface area contributed by atoms with Gasteiger partial charge in [-0.05, 0) is 24.8 Å². The summed E-state index contributed by atoms with van der Waals surface area (Å²) in [5.74, 6) is -0.861. The fourth-order valence-corrected chi connectivity index (χ4v) is 2.32. The standard InChI is InChI=1S/C12H16N4O3/c1-8-4-2-7-16(9(8)10(17)18)12(19)15-11-13-5-3-6-14-11/h3,5-6,8-9H,2,4,7H2,1H3,(H,17,18)(H,13,14,15,19). The van der Waals surface area contributed by atoms with E-state index in [1.165, 1.54) is 17.3 Å². The third kappa shape index (κ3) is 2.98. The average molecular weight is 264 g/mol. The molecular formula is C12H16N4O3. The number of anilines is 1. The zero-order chi connectivity index (χ0) is 13.8. The van der Waals surface area contributed by atoms with Crippen LogP contribution in [-0.4, -0.2) is 44.6 Å². The van der Waals surface area contributed by atoms with Gasteiger partial charge in [-0.15, -0.1) is 0 Å². The number of aliphatic carboxylic acids is 1. The van der Waals surface area contributed by atoms with Crippen molar-refractivity contribution in [1.29, 1.82) is 0 Å². The Morgan fingerprint density at radius 2 is 2.11 bits per heavy atom. The molecule has 0 spiro atoms. The zero-order valence-corrected chi connectivity index (χ0v) is 10.6. The summed E-state index contributed by atoms with van der Waals surface area (Å²) in [4.78, 5) is 32.5. The van der Waals surface area contributed by atoms with Gasteiger partial charge in [-0.25, -0.2) is 19.6 Å². The maximum atomic E-state index is 12.1. The second-order valence-electron chi connectivity index (χ2n) is 4.60. The largest absolute Gasteiger partial charge is 0.480 e. The lowest BCUT2D eigenvalue weighted by molar-refractivity contribution is -0.145. The summed E-state index contributed by atoms with van der Waals surface area (Å²) >= 11 is 0. The van der Waals surface area contributed by atoms with E-state index in [-0.39, 0.29) is 11.9 Å². The van der Waals surface area contributed by atoms with Gasteiger partial charge in [0.15, 0.2) is 0 Å². The number of amides is 2. The lowest BCUT2D eigenvalue weighted by atomic mass is 9.91. The SMILES string of the molecule is CC1CCCN(C(=O)Nc2ncccn2)C1C(=O)O. The van der Waals surface area contributed by atoms with Gasteiger partial charge in [-0.1, -0.05) is 6.92 Å². The van der Waals surface area contributed by atoms with Crippen LogP contribution in [0, 0.1) is 5.92 Å². The molecule has 2 rings (SSSR count). The van der Waals surface area contributed by atoms with Crippen LogP contribution < -0.4 is 5.32 Å². The summed E-state index contributed by atoms with van der Waals surface area (Å²) in [5.41, 5.74) is 0. The van der Waals surface area contributed by atoms with E-state index in [4.69, 9.17) is 0 Å². The Labute approximate surface area is 110 Å². The number of likely N-dealkylation sites (tertiary alicyclic amines) is 1. The Balaban J connectivity index is 2.10. The van der Waals surface area contributed by atoms with Crippen LogP contribution in [0.1, 0.15) is 19.8 Å². The van der Waals surface area contributed by atoms with Crippen molar-refractivity contribution in [3.05, 3.63) is 18.5 Å².